The molecule has 1 aromatic carbocycles. The molecule has 1 fully saturated rings. The van der Waals surface area contributed by atoms with Crippen LogP contribution in [0.3, 0.4) is 0 Å². The number of urea groups is 1. The van der Waals surface area contributed by atoms with Gasteiger partial charge in [-0.2, -0.15) is 0 Å². The summed E-state index contributed by atoms with van der Waals surface area (Å²) in [5.41, 5.74) is 2.86. The number of likely N-dealkylation sites (tertiary alicyclic amines) is 1. The SMILES string of the molecule is CCCNc1ccc(C)cc1NC(=O)C1CCCN(C(=O)N(C)C)C1. The molecule has 1 atom stereocenters. The minimum atomic E-state index is -0.169. The molecule has 138 valence electrons. The van der Waals surface area contributed by atoms with Gasteiger partial charge in [-0.15, -0.1) is 0 Å². The van der Waals surface area contributed by atoms with E-state index in [2.05, 4.69) is 17.6 Å². The number of nitrogens with one attached hydrogen (secondary N) is 2. The number of nitrogens with zero attached hydrogens (tertiary/aromatic N) is 2. The Morgan fingerprint density at radius 2 is 2.04 bits per heavy atom. The van der Waals surface area contributed by atoms with E-state index in [-0.39, 0.29) is 17.9 Å². The van der Waals surface area contributed by atoms with Gasteiger partial charge in [-0.3, -0.25) is 4.79 Å². The predicted octanol–water partition coefficient (Wildman–Crippen LogP) is 3.15. The van der Waals surface area contributed by atoms with Crippen molar-refractivity contribution in [1.82, 2.24) is 9.80 Å². The van der Waals surface area contributed by atoms with E-state index in [0.29, 0.717) is 13.1 Å². The van der Waals surface area contributed by atoms with E-state index in [1.807, 2.05) is 25.1 Å². The molecule has 1 heterocycles. The van der Waals surface area contributed by atoms with Crippen LogP contribution in [0.4, 0.5) is 16.2 Å². The van der Waals surface area contributed by atoms with Gasteiger partial charge < -0.3 is 20.4 Å². The van der Waals surface area contributed by atoms with Gasteiger partial charge in [0.2, 0.25) is 5.91 Å². The smallest absolute Gasteiger partial charge is 0.319 e. The lowest BCUT2D eigenvalue weighted by molar-refractivity contribution is -0.121. The number of carbonyl (C=O) groups is 2. The summed E-state index contributed by atoms with van der Waals surface area (Å²) in [5.74, 6) is -0.182. The summed E-state index contributed by atoms with van der Waals surface area (Å²) in [7, 11) is 3.48. The molecule has 2 rings (SSSR count). The maximum absolute atomic E-state index is 12.8. The van der Waals surface area contributed by atoms with Gasteiger partial charge in [0, 0.05) is 33.7 Å². The first kappa shape index (κ1) is 19.1. The lowest BCUT2D eigenvalue weighted by atomic mass is 9.97. The molecular weight excluding hydrogens is 316 g/mol. The maximum Gasteiger partial charge on any atom is 0.319 e. The first-order valence-electron chi connectivity index (χ1n) is 9.04. The van der Waals surface area contributed by atoms with Crippen molar-refractivity contribution in [2.75, 3.05) is 44.4 Å². The van der Waals surface area contributed by atoms with E-state index in [0.717, 1.165) is 42.7 Å². The van der Waals surface area contributed by atoms with Crippen LogP contribution in [0.5, 0.6) is 0 Å². The third kappa shape index (κ3) is 5.11. The highest BCUT2D eigenvalue weighted by molar-refractivity contribution is 5.96. The van der Waals surface area contributed by atoms with Crippen molar-refractivity contribution in [3.05, 3.63) is 23.8 Å². The van der Waals surface area contributed by atoms with Crippen molar-refractivity contribution in [1.29, 1.82) is 0 Å². The molecule has 2 N–H and O–H groups in total. The summed E-state index contributed by atoms with van der Waals surface area (Å²) in [5, 5.41) is 6.42. The zero-order valence-corrected chi connectivity index (χ0v) is 15.8. The first-order valence-corrected chi connectivity index (χ1v) is 9.04. The summed E-state index contributed by atoms with van der Waals surface area (Å²) in [4.78, 5) is 28.2. The van der Waals surface area contributed by atoms with Gasteiger partial charge in [0.1, 0.15) is 0 Å². The molecule has 25 heavy (non-hydrogen) atoms. The Morgan fingerprint density at radius 3 is 2.72 bits per heavy atom. The molecule has 6 heteroatoms. The molecule has 3 amide bonds. The number of amides is 3. The fraction of sp³-hybridized carbons (Fsp3) is 0.579. The Hall–Kier alpha value is -2.24. The summed E-state index contributed by atoms with van der Waals surface area (Å²) in [6.45, 7) is 6.18. The number of hydrogen-bond donors (Lipinski definition) is 2. The lowest BCUT2D eigenvalue weighted by Gasteiger charge is -2.33. The van der Waals surface area contributed by atoms with Gasteiger partial charge in [0.25, 0.3) is 0 Å². The Morgan fingerprint density at radius 1 is 1.28 bits per heavy atom. The predicted molar refractivity (Wildman–Crippen MR) is 102 cm³/mol. The molecule has 0 saturated carbocycles. The van der Waals surface area contributed by atoms with Crippen LogP contribution < -0.4 is 10.6 Å². The second-order valence-electron chi connectivity index (χ2n) is 6.93. The molecule has 1 aliphatic heterocycles. The molecule has 0 aromatic heterocycles. The zero-order chi connectivity index (χ0) is 18.4. The van der Waals surface area contributed by atoms with Crippen molar-refractivity contribution in [2.45, 2.75) is 33.1 Å². The Balaban J connectivity index is 2.06. The van der Waals surface area contributed by atoms with Crippen LogP contribution in [0.2, 0.25) is 0 Å². The highest BCUT2D eigenvalue weighted by Crippen LogP contribution is 2.25. The summed E-state index contributed by atoms with van der Waals surface area (Å²) >= 11 is 0. The van der Waals surface area contributed by atoms with Crippen LogP contribution in [-0.4, -0.2) is 55.5 Å². The third-order valence-corrected chi connectivity index (χ3v) is 4.44. The van der Waals surface area contributed by atoms with Gasteiger partial charge in [-0.05, 0) is 43.9 Å². The quantitative estimate of drug-likeness (QED) is 0.861. The fourth-order valence-electron chi connectivity index (χ4n) is 3.06. The molecule has 0 bridgehead atoms. The monoisotopic (exact) mass is 346 g/mol. The number of hydrogen-bond acceptors (Lipinski definition) is 3. The van der Waals surface area contributed by atoms with Gasteiger partial charge in [0.15, 0.2) is 0 Å². The Bertz CT molecular complexity index is 615. The second-order valence-corrected chi connectivity index (χ2v) is 6.93. The van der Waals surface area contributed by atoms with Gasteiger partial charge in [-0.1, -0.05) is 13.0 Å². The van der Waals surface area contributed by atoms with Gasteiger partial charge >= 0.3 is 6.03 Å². The highest BCUT2D eigenvalue weighted by atomic mass is 16.2. The van der Waals surface area contributed by atoms with Crippen molar-refractivity contribution < 1.29 is 9.59 Å². The van der Waals surface area contributed by atoms with E-state index in [1.165, 1.54) is 0 Å². The molecule has 0 aliphatic carbocycles. The van der Waals surface area contributed by atoms with Gasteiger partial charge in [-0.25, -0.2) is 4.79 Å². The first-order chi connectivity index (χ1) is 11.9. The van der Waals surface area contributed by atoms with Crippen LogP contribution >= 0.6 is 0 Å². The van der Waals surface area contributed by atoms with E-state index in [4.69, 9.17) is 0 Å². The number of aryl methyl sites for hydroxylation is 1. The van der Waals surface area contributed by atoms with Crippen molar-refractivity contribution in [2.24, 2.45) is 5.92 Å². The minimum absolute atomic E-state index is 0.0126. The molecule has 1 aromatic rings. The molecule has 0 spiro atoms. The topological polar surface area (TPSA) is 64.7 Å². The lowest BCUT2D eigenvalue weighted by Crippen LogP contribution is -2.47. The Kier molecular flexibility index (Phi) is 6.67. The third-order valence-electron chi connectivity index (χ3n) is 4.44. The normalized spacial score (nSPS) is 17.1. The van der Waals surface area contributed by atoms with E-state index >= 15 is 0 Å². The molecule has 1 aliphatic rings. The summed E-state index contributed by atoms with van der Waals surface area (Å²) in [6.07, 6.45) is 2.69. The number of rotatable bonds is 5. The van der Waals surface area contributed by atoms with Gasteiger partial charge in [0.05, 0.1) is 17.3 Å². The molecule has 1 saturated heterocycles. The minimum Gasteiger partial charge on any atom is -0.383 e. The number of anilines is 2. The van der Waals surface area contributed by atoms with Crippen molar-refractivity contribution >= 4 is 23.3 Å². The molecule has 6 nitrogen and oxygen atoms in total. The highest BCUT2D eigenvalue weighted by Gasteiger charge is 2.29. The van der Waals surface area contributed by atoms with Crippen molar-refractivity contribution in [3.8, 4) is 0 Å². The van der Waals surface area contributed by atoms with Crippen LogP contribution in [-0.2, 0) is 4.79 Å². The average Bonchev–Trinajstić information content (AvgIpc) is 2.60. The average molecular weight is 346 g/mol. The van der Waals surface area contributed by atoms with Crippen LogP contribution in [0.1, 0.15) is 31.7 Å². The molecular formula is C19H30N4O2. The maximum atomic E-state index is 12.8. The largest absolute Gasteiger partial charge is 0.383 e. The summed E-state index contributed by atoms with van der Waals surface area (Å²) < 4.78 is 0. The fourth-order valence-corrected chi connectivity index (χ4v) is 3.06. The Labute approximate surface area is 150 Å². The van der Waals surface area contributed by atoms with E-state index < -0.39 is 0 Å². The zero-order valence-electron chi connectivity index (χ0n) is 15.8. The number of piperidine rings is 1. The molecule has 1 unspecified atom stereocenters. The standard InChI is InChI=1S/C19H30N4O2/c1-5-10-20-16-9-8-14(2)12-17(16)21-18(24)15-7-6-11-23(13-15)19(25)22(3)4/h8-9,12,15,20H,5-7,10-11,13H2,1-4H3,(H,21,24). The van der Waals surface area contributed by atoms with Crippen LogP contribution in [0, 0.1) is 12.8 Å². The van der Waals surface area contributed by atoms with E-state index in [1.54, 1.807) is 23.9 Å². The van der Waals surface area contributed by atoms with Crippen LogP contribution in [0.15, 0.2) is 18.2 Å². The second kappa shape index (κ2) is 8.74. The van der Waals surface area contributed by atoms with Crippen LogP contribution in [0.25, 0.3) is 0 Å². The number of benzene rings is 1. The molecule has 0 radical (unpaired) electrons. The van der Waals surface area contributed by atoms with Crippen molar-refractivity contribution in [3.63, 3.8) is 0 Å². The number of carbonyl (C=O) groups excluding carboxylic acids is 2. The van der Waals surface area contributed by atoms with E-state index in [9.17, 15) is 9.59 Å². The summed E-state index contributed by atoms with van der Waals surface area (Å²) in [6, 6.07) is 6.00.